The monoisotopic (exact) mass is 271 g/mol. The summed E-state index contributed by atoms with van der Waals surface area (Å²) in [5.41, 5.74) is 6.60. The number of para-hydroxylation sites is 1. The SMILES string of the molecule is Nc1cc(F)ccc1Oc1nnnn1-c1ccccc1. The predicted octanol–water partition coefficient (Wildman–Crippen LogP) is 2.18. The van der Waals surface area contributed by atoms with Crippen LogP contribution in [0.4, 0.5) is 10.1 Å². The molecule has 0 fully saturated rings. The van der Waals surface area contributed by atoms with Gasteiger partial charge in [0.15, 0.2) is 5.75 Å². The molecule has 0 unspecified atom stereocenters. The molecule has 0 amide bonds. The number of hydrogen-bond donors (Lipinski definition) is 1. The van der Waals surface area contributed by atoms with Crippen molar-refractivity contribution in [3.05, 3.63) is 54.3 Å². The number of nitrogen functional groups attached to an aromatic ring is 1. The van der Waals surface area contributed by atoms with Crippen LogP contribution in [0.15, 0.2) is 48.5 Å². The van der Waals surface area contributed by atoms with E-state index in [1.54, 1.807) is 0 Å². The third-order valence-electron chi connectivity index (χ3n) is 2.61. The van der Waals surface area contributed by atoms with E-state index in [-0.39, 0.29) is 11.7 Å². The van der Waals surface area contributed by atoms with Gasteiger partial charge in [0.2, 0.25) is 0 Å². The molecule has 0 saturated carbocycles. The molecule has 0 aliphatic heterocycles. The molecule has 1 heterocycles. The molecule has 0 radical (unpaired) electrons. The first kappa shape index (κ1) is 12.1. The van der Waals surface area contributed by atoms with E-state index in [4.69, 9.17) is 10.5 Å². The zero-order chi connectivity index (χ0) is 13.9. The lowest BCUT2D eigenvalue weighted by molar-refractivity contribution is 0.428. The normalized spacial score (nSPS) is 10.4. The zero-order valence-electron chi connectivity index (χ0n) is 10.3. The molecule has 0 aliphatic rings. The summed E-state index contributed by atoms with van der Waals surface area (Å²) < 4.78 is 19.9. The lowest BCUT2D eigenvalue weighted by Gasteiger charge is -2.07. The number of hydrogen-bond acceptors (Lipinski definition) is 5. The van der Waals surface area contributed by atoms with Gasteiger partial charge in [0, 0.05) is 6.07 Å². The summed E-state index contributed by atoms with van der Waals surface area (Å²) in [6, 6.07) is 13.2. The van der Waals surface area contributed by atoms with Crippen LogP contribution in [0.5, 0.6) is 11.8 Å². The maximum atomic E-state index is 13.0. The van der Waals surface area contributed by atoms with E-state index >= 15 is 0 Å². The Bertz CT molecular complexity index is 729. The molecule has 3 rings (SSSR count). The first-order valence-corrected chi connectivity index (χ1v) is 5.81. The standard InChI is InChI=1S/C13H10FN5O/c14-9-6-7-12(11(15)8-9)20-13-16-17-18-19(13)10-4-2-1-3-5-10/h1-8H,15H2. The molecular formula is C13H10FN5O. The van der Waals surface area contributed by atoms with Crippen LogP contribution in [0.3, 0.4) is 0 Å². The summed E-state index contributed by atoms with van der Waals surface area (Å²) in [7, 11) is 0. The van der Waals surface area contributed by atoms with Gasteiger partial charge in [-0.15, -0.1) is 0 Å². The van der Waals surface area contributed by atoms with Gasteiger partial charge in [-0.05, 0) is 34.7 Å². The largest absolute Gasteiger partial charge is 0.421 e. The number of tetrazole rings is 1. The first-order valence-electron chi connectivity index (χ1n) is 5.81. The van der Waals surface area contributed by atoms with Gasteiger partial charge in [-0.1, -0.05) is 23.3 Å². The number of halogens is 1. The average molecular weight is 271 g/mol. The van der Waals surface area contributed by atoms with Crippen molar-refractivity contribution in [2.24, 2.45) is 0 Å². The van der Waals surface area contributed by atoms with Gasteiger partial charge in [0.25, 0.3) is 0 Å². The van der Waals surface area contributed by atoms with Crippen LogP contribution >= 0.6 is 0 Å². The number of benzene rings is 2. The van der Waals surface area contributed by atoms with E-state index in [9.17, 15) is 4.39 Å². The summed E-state index contributed by atoms with van der Waals surface area (Å²) in [4.78, 5) is 0. The minimum atomic E-state index is -0.433. The lowest BCUT2D eigenvalue weighted by atomic mass is 10.3. The van der Waals surface area contributed by atoms with E-state index in [1.165, 1.54) is 22.9 Å². The second-order valence-corrected chi connectivity index (χ2v) is 3.99. The highest BCUT2D eigenvalue weighted by Crippen LogP contribution is 2.27. The van der Waals surface area contributed by atoms with Gasteiger partial charge in [-0.25, -0.2) is 4.39 Å². The molecule has 3 aromatic rings. The Balaban J connectivity index is 1.95. The Kier molecular flexibility index (Phi) is 3.00. The van der Waals surface area contributed by atoms with Crippen LogP contribution in [0.1, 0.15) is 0 Å². The highest BCUT2D eigenvalue weighted by molar-refractivity contribution is 5.53. The summed E-state index contributed by atoms with van der Waals surface area (Å²) in [5, 5.41) is 11.2. The van der Waals surface area contributed by atoms with Crippen molar-refractivity contribution in [3.63, 3.8) is 0 Å². The fourth-order valence-corrected chi connectivity index (χ4v) is 1.68. The molecule has 20 heavy (non-hydrogen) atoms. The molecule has 6 nitrogen and oxygen atoms in total. The predicted molar refractivity (Wildman–Crippen MR) is 70.0 cm³/mol. The van der Waals surface area contributed by atoms with Gasteiger partial charge in [0.05, 0.1) is 11.4 Å². The van der Waals surface area contributed by atoms with E-state index < -0.39 is 5.82 Å². The molecule has 1 aromatic heterocycles. The molecule has 0 spiro atoms. The fraction of sp³-hybridized carbons (Fsp3) is 0. The second-order valence-electron chi connectivity index (χ2n) is 3.99. The number of nitrogens with two attached hydrogens (primary N) is 1. The zero-order valence-corrected chi connectivity index (χ0v) is 10.3. The van der Waals surface area contributed by atoms with Crippen LogP contribution in [-0.4, -0.2) is 20.2 Å². The highest BCUT2D eigenvalue weighted by atomic mass is 19.1. The van der Waals surface area contributed by atoms with Crippen molar-refractivity contribution in [3.8, 4) is 17.4 Å². The van der Waals surface area contributed by atoms with Gasteiger partial charge >= 0.3 is 6.01 Å². The molecule has 2 aromatic carbocycles. The summed E-state index contributed by atoms with van der Waals surface area (Å²) in [6.45, 7) is 0. The second kappa shape index (κ2) is 4.96. The van der Waals surface area contributed by atoms with Gasteiger partial charge in [0.1, 0.15) is 5.82 Å². The molecule has 0 saturated heterocycles. The quantitative estimate of drug-likeness (QED) is 0.738. The van der Waals surface area contributed by atoms with E-state index in [2.05, 4.69) is 15.5 Å². The fourth-order valence-electron chi connectivity index (χ4n) is 1.68. The maximum Gasteiger partial charge on any atom is 0.345 e. The number of nitrogens with zero attached hydrogens (tertiary/aromatic N) is 4. The van der Waals surface area contributed by atoms with Crippen molar-refractivity contribution in [1.82, 2.24) is 20.2 Å². The summed E-state index contributed by atoms with van der Waals surface area (Å²) in [5.74, 6) is -0.143. The Morgan fingerprint density at radius 1 is 1.10 bits per heavy atom. The maximum absolute atomic E-state index is 13.0. The van der Waals surface area contributed by atoms with Crippen LogP contribution in [-0.2, 0) is 0 Å². The van der Waals surface area contributed by atoms with Gasteiger partial charge < -0.3 is 10.5 Å². The molecular weight excluding hydrogens is 261 g/mol. The topological polar surface area (TPSA) is 78.8 Å². The van der Waals surface area contributed by atoms with Crippen molar-refractivity contribution in [2.75, 3.05) is 5.73 Å². The van der Waals surface area contributed by atoms with E-state index in [0.717, 1.165) is 5.69 Å². The smallest absolute Gasteiger partial charge is 0.345 e. The number of ether oxygens (including phenoxy) is 1. The molecule has 0 aliphatic carbocycles. The lowest BCUT2D eigenvalue weighted by Crippen LogP contribution is -2.01. The third-order valence-corrected chi connectivity index (χ3v) is 2.61. The van der Waals surface area contributed by atoms with Crippen LogP contribution < -0.4 is 10.5 Å². The summed E-state index contributed by atoms with van der Waals surface area (Å²) in [6.07, 6.45) is 0. The third kappa shape index (κ3) is 2.28. The number of aromatic nitrogens is 4. The Labute approximate surface area is 113 Å². The van der Waals surface area contributed by atoms with E-state index in [0.29, 0.717) is 5.75 Å². The highest BCUT2D eigenvalue weighted by Gasteiger charge is 2.12. The minimum absolute atomic E-state index is 0.148. The molecule has 100 valence electrons. The van der Waals surface area contributed by atoms with Crippen molar-refractivity contribution in [2.45, 2.75) is 0 Å². The molecule has 0 atom stereocenters. The Hall–Kier alpha value is -2.96. The van der Waals surface area contributed by atoms with Crippen molar-refractivity contribution < 1.29 is 9.13 Å². The minimum Gasteiger partial charge on any atom is -0.421 e. The average Bonchev–Trinajstić information content (AvgIpc) is 2.91. The van der Waals surface area contributed by atoms with Gasteiger partial charge in [-0.2, -0.15) is 4.68 Å². The molecule has 7 heteroatoms. The molecule has 2 N–H and O–H groups in total. The Morgan fingerprint density at radius 3 is 2.65 bits per heavy atom. The summed E-state index contributed by atoms with van der Waals surface area (Å²) >= 11 is 0. The first-order chi connectivity index (χ1) is 9.74. The van der Waals surface area contributed by atoms with Crippen molar-refractivity contribution >= 4 is 5.69 Å². The van der Waals surface area contributed by atoms with Crippen LogP contribution in [0.25, 0.3) is 5.69 Å². The number of anilines is 1. The van der Waals surface area contributed by atoms with E-state index in [1.807, 2.05) is 30.3 Å². The Morgan fingerprint density at radius 2 is 1.90 bits per heavy atom. The van der Waals surface area contributed by atoms with Gasteiger partial charge in [-0.3, -0.25) is 0 Å². The van der Waals surface area contributed by atoms with Crippen LogP contribution in [0.2, 0.25) is 0 Å². The van der Waals surface area contributed by atoms with Crippen molar-refractivity contribution in [1.29, 1.82) is 0 Å². The molecule has 0 bridgehead atoms. The van der Waals surface area contributed by atoms with Crippen LogP contribution in [0, 0.1) is 5.82 Å². The number of rotatable bonds is 3.